The van der Waals surface area contributed by atoms with Gasteiger partial charge in [0.05, 0.1) is 16.1 Å². The van der Waals surface area contributed by atoms with Gasteiger partial charge in [-0.1, -0.05) is 11.6 Å². The average Bonchev–Trinajstić information content (AvgIpc) is 2.73. The van der Waals surface area contributed by atoms with Crippen LogP contribution >= 0.6 is 34.5 Å². The first-order valence-corrected chi connectivity index (χ1v) is 6.07. The fourth-order valence-corrected chi connectivity index (χ4v) is 3.09. The Kier molecular flexibility index (Phi) is 2.88. The summed E-state index contributed by atoms with van der Waals surface area (Å²) in [5.41, 5.74) is 7.08. The van der Waals surface area contributed by atoms with E-state index in [1.54, 1.807) is 0 Å². The highest BCUT2D eigenvalue weighted by Gasteiger charge is 2.13. The maximum Gasteiger partial charge on any atom is 0.0931 e. The molecule has 14 heavy (non-hydrogen) atoms. The molecule has 0 aliphatic carbocycles. The van der Waals surface area contributed by atoms with Gasteiger partial charge in [0, 0.05) is 9.75 Å². The molecule has 0 saturated heterocycles. The van der Waals surface area contributed by atoms with E-state index in [0.717, 1.165) is 19.8 Å². The first-order valence-electron chi connectivity index (χ1n) is 4.11. The molecule has 5 heteroatoms. The molecule has 0 bridgehead atoms. The number of hydrogen-bond acceptors (Lipinski definition) is 4. The van der Waals surface area contributed by atoms with Gasteiger partial charge in [0.2, 0.25) is 0 Å². The molecule has 0 aliphatic rings. The zero-order chi connectivity index (χ0) is 10.1. The van der Waals surface area contributed by atoms with E-state index in [2.05, 4.69) is 4.37 Å². The van der Waals surface area contributed by atoms with Crippen molar-refractivity contribution in [3.63, 3.8) is 0 Å². The summed E-state index contributed by atoms with van der Waals surface area (Å²) < 4.78 is 4.98. The normalized spacial score (nSPS) is 13.1. The fourth-order valence-electron chi connectivity index (χ4n) is 1.17. The smallest absolute Gasteiger partial charge is 0.0931 e. The fraction of sp³-hybridized carbons (Fsp3) is 0.222. The number of aromatic nitrogens is 1. The van der Waals surface area contributed by atoms with Gasteiger partial charge >= 0.3 is 0 Å². The van der Waals surface area contributed by atoms with E-state index < -0.39 is 0 Å². The molecule has 0 saturated carbocycles. The Balaban J connectivity index is 2.28. The number of rotatable bonds is 2. The van der Waals surface area contributed by atoms with E-state index in [1.807, 2.05) is 25.1 Å². The summed E-state index contributed by atoms with van der Waals surface area (Å²) >= 11 is 8.82. The Morgan fingerprint density at radius 2 is 2.21 bits per heavy atom. The van der Waals surface area contributed by atoms with Crippen molar-refractivity contribution in [3.05, 3.63) is 38.0 Å². The van der Waals surface area contributed by atoms with Gasteiger partial charge in [0.25, 0.3) is 0 Å². The van der Waals surface area contributed by atoms with Crippen molar-refractivity contribution in [1.29, 1.82) is 0 Å². The maximum atomic E-state index is 6.07. The van der Waals surface area contributed by atoms with Crippen molar-refractivity contribution in [2.75, 3.05) is 0 Å². The molecule has 2 rings (SSSR count). The second-order valence-electron chi connectivity index (χ2n) is 2.99. The van der Waals surface area contributed by atoms with Crippen LogP contribution in [0.1, 0.15) is 21.5 Å². The molecule has 1 unspecified atom stereocenters. The standard InChI is InChI=1S/C9H9ClN2S2/c1-5-4-7(14-12-5)9(11)6-2-3-8(10)13-6/h2-4,9H,11H2,1H3. The summed E-state index contributed by atoms with van der Waals surface area (Å²) in [6.45, 7) is 1.97. The molecule has 2 aromatic heterocycles. The summed E-state index contributed by atoms with van der Waals surface area (Å²) in [5.74, 6) is 0. The van der Waals surface area contributed by atoms with Crippen molar-refractivity contribution in [2.45, 2.75) is 13.0 Å². The molecular weight excluding hydrogens is 236 g/mol. The number of hydrogen-bond donors (Lipinski definition) is 1. The number of halogens is 1. The maximum absolute atomic E-state index is 6.07. The SMILES string of the molecule is Cc1cc(C(N)c2ccc(Cl)s2)sn1. The van der Waals surface area contributed by atoms with Crippen molar-refractivity contribution in [2.24, 2.45) is 5.73 Å². The van der Waals surface area contributed by atoms with Crippen LogP contribution in [0.15, 0.2) is 18.2 Å². The van der Waals surface area contributed by atoms with Crippen LogP contribution in [0.3, 0.4) is 0 Å². The minimum absolute atomic E-state index is 0.0845. The minimum atomic E-state index is -0.0845. The van der Waals surface area contributed by atoms with Crippen LogP contribution in [-0.4, -0.2) is 4.37 Å². The lowest BCUT2D eigenvalue weighted by Gasteiger charge is -2.04. The molecule has 0 amide bonds. The zero-order valence-electron chi connectivity index (χ0n) is 7.53. The third-order valence-corrected chi connectivity index (χ3v) is 4.13. The molecule has 2 heterocycles. The highest BCUT2D eigenvalue weighted by atomic mass is 35.5. The number of nitrogens with zero attached hydrogens (tertiary/aromatic N) is 1. The Morgan fingerprint density at radius 3 is 2.71 bits per heavy atom. The van der Waals surface area contributed by atoms with Crippen LogP contribution in [0.4, 0.5) is 0 Å². The van der Waals surface area contributed by atoms with Gasteiger partial charge < -0.3 is 5.73 Å². The highest BCUT2D eigenvalue weighted by molar-refractivity contribution is 7.16. The summed E-state index contributed by atoms with van der Waals surface area (Å²) in [4.78, 5) is 2.17. The molecule has 0 aromatic carbocycles. The zero-order valence-corrected chi connectivity index (χ0v) is 9.92. The topological polar surface area (TPSA) is 38.9 Å². The summed E-state index contributed by atoms with van der Waals surface area (Å²) in [5, 5.41) is 0. The molecule has 0 spiro atoms. The van der Waals surface area contributed by atoms with Gasteiger partial charge in [-0.3, -0.25) is 0 Å². The number of aryl methyl sites for hydroxylation is 1. The van der Waals surface area contributed by atoms with Crippen molar-refractivity contribution >= 4 is 34.5 Å². The third-order valence-electron chi connectivity index (χ3n) is 1.85. The lowest BCUT2D eigenvalue weighted by Crippen LogP contribution is -2.07. The first kappa shape index (κ1) is 10.1. The molecule has 0 aliphatic heterocycles. The predicted octanol–water partition coefficient (Wildman–Crippen LogP) is 3.21. The number of nitrogens with two attached hydrogens (primary N) is 1. The van der Waals surface area contributed by atoms with Gasteiger partial charge in [-0.05, 0) is 36.7 Å². The second kappa shape index (κ2) is 3.98. The Morgan fingerprint density at radius 1 is 1.43 bits per heavy atom. The quantitative estimate of drug-likeness (QED) is 0.881. The Hall–Kier alpha value is -0.420. The average molecular weight is 245 g/mol. The van der Waals surface area contributed by atoms with E-state index in [4.69, 9.17) is 17.3 Å². The predicted molar refractivity (Wildman–Crippen MR) is 62.2 cm³/mol. The molecule has 2 nitrogen and oxygen atoms in total. The third kappa shape index (κ3) is 1.98. The van der Waals surface area contributed by atoms with E-state index in [1.165, 1.54) is 22.9 Å². The first-order chi connectivity index (χ1) is 6.66. The van der Waals surface area contributed by atoms with E-state index in [9.17, 15) is 0 Å². The van der Waals surface area contributed by atoms with Crippen LogP contribution in [0.25, 0.3) is 0 Å². The van der Waals surface area contributed by atoms with Crippen molar-refractivity contribution < 1.29 is 0 Å². The lowest BCUT2D eigenvalue weighted by molar-refractivity contribution is 0.916. The Bertz CT molecular complexity index is 395. The van der Waals surface area contributed by atoms with Gasteiger partial charge in [-0.25, -0.2) is 0 Å². The molecule has 0 radical (unpaired) electrons. The van der Waals surface area contributed by atoms with E-state index in [-0.39, 0.29) is 6.04 Å². The molecule has 1 atom stereocenters. The number of thiophene rings is 1. The van der Waals surface area contributed by atoms with Gasteiger partial charge in [-0.15, -0.1) is 11.3 Å². The van der Waals surface area contributed by atoms with E-state index >= 15 is 0 Å². The van der Waals surface area contributed by atoms with Crippen LogP contribution in [-0.2, 0) is 0 Å². The molecular formula is C9H9ClN2S2. The van der Waals surface area contributed by atoms with Gasteiger partial charge in [0.15, 0.2) is 0 Å². The van der Waals surface area contributed by atoms with Crippen LogP contribution in [0, 0.1) is 6.92 Å². The molecule has 74 valence electrons. The molecule has 0 fully saturated rings. The van der Waals surface area contributed by atoms with Crippen LogP contribution < -0.4 is 5.73 Å². The second-order valence-corrected chi connectivity index (χ2v) is 5.57. The van der Waals surface area contributed by atoms with Crippen LogP contribution in [0.2, 0.25) is 4.34 Å². The monoisotopic (exact) mass is 244 g/mol. The van der Waals surface area contributed by atoms with Gasteiger partial charge in [-0.2, -0.15) is 4.37 Å². The summed E-state index contributed by atoms with van der Waals surface area (Å²) in [7, 11) is 0. The Labute approximate surface area is 95.5 Å². The van der Waals surface area contributed by atoms with Gasteiger partial charge in [0.1, 0.15) is 0 Å². The van der Waals surface area contributed by atoms with E-state index in [0.29, 0.717) is 0 Å². The molecule has 2 N–H and O–H groups in total. The molecule has 2 aromatic rings. The minimum Gasteiger partial charge on any atom is -0.319 e. The van der Waals surface area contributed by atoms with Crippen LogP contribution in [0.5, 0.6) is 0 Å². The highest BCUT2D eigenvalue weighted by Crippen LogP contribution is 2.31. The largest absolute Gasteiger partial charge is 0.319 e. The summed E-state index contributed by atoms with van der Waals surface area (Å²) in [6, 6.07) is 5.77. The van der Waals surface area contributed by atoms with Crippen molar-refractivity contribution in [1.82, 2.24) is 4.37 Å². The lowest BCUT2D eigenvalue weighted by atomic mass is 10.2. The van der Waals surface area contributed by atoms with Crippen molar-refractivity contribution in [3.8, 4) is 0 Å². The summed E-state index contributed by atoms with van der Waals surface area (Å²) in [6.07, 6.45) is 0.